The molecule has 9 nitrogen and oxygen atoms in total. The quantitative estimate of drug-likeness (QED) is 0.347. The Labute approximate surface area is 106 Å². The maximum absolute atomic E-state index is 11.3. The number of hydrogen-bond acceptors (Lipinski definition) is 8. The van der Waals surface area contributed by atoms with Gasteiger partial charge in [0, 0.05) is 0 Å². The van der Waals surface area contributed by atoms with Crippen molar-refractivity contribution in [3.05, 3.63) is 5.21 Å². The number of hydroxylamine groups is 2. The van der Waals surface area contributed by atoms with Crippen LogP contribution in [0.3, 0.4) is 0 Å². The first kappa shape index (κ1) is 17.7. The summed E-state index contributed by atoms with van der Waals surface area (Å²) in [5.74, 6) is -1.32. The third-order valence-electron chi connectivity index (χ3n) is 1.91. The average Bonchev–Trinajstić information content (AvgIpc) is 2.12. The van der Waals surface area contributed by atoms with Gasteiger partial charge in [-0.1, -0.05) is 0 Å². The van der Waals surface area contributed by atoms with Gasteiger partial charge < -0.3 is 10.4 Å². The minimum absolute atomic E-state index is 0.332. The van der Waals surface area contributed by atoms with E-state index < -0.39 is 49.1 Å². The molecule has 0 heterocycles. The summed E-state index contributed by atoms with van der Waals surface area (Å²) in [5, 5.41) is 18.8. The largest absolute Gasteiger partial charge is 0.762 e. The molecule has 0 saturated heterocycles. The van der Waals surface area contributed by atoms with E-state index in [-0.39, 0.29) is 6.42 Å². The molecule has 0 spiro atoms. The van der Waals surface area contributed by atoms with Crippen molar-refractivity contribution in [1.82, 2.24) is 5.23 Å². The first-order valence-electron chi connectivity index (χ1n) is 4.84. The van der Waals surface area contributed by atoms with Crippen LogP contribution in [-0.2, 0) is 24.4 Å². The zero-order chi connectivity index (χ0) is 14.6. The lowest BCUT2D eigenvalue weighted by atomic mass is 10.1. The fourth-order valence-corrected chi connectivity index (χ4v) is 2.54. The minimum Gasteiger partial charge on any atom is -0.762 e. The SMILES string of the molecule is CC(C)(COS(=O)(=O)CCCS(=O)(=O)O)N([O-])O. The van der Waals surface area contributed by atoms with Gasteiger partial charge >= 0.3 is 0 Å². The highest BCUT2D eigenvalue weighted by Gasteiger charge is 2.23. The van der Waals surface area contributed by atoms with Crippen molar-refractivity contribution in [3.8, 4) is 0 Å². The van der Waals surface area contributed by atoms with Crippen molar-refractivity contribution >= 4 is 20.2 Å². The molecule has 0 aliphatic carbocycles. The Morgan fingerprint density at radius 3 is 2.11 bits per heavy atom. The lowest BCUT2D eigenvalue weighted by molar-refractivity contribution is -0.128. The van der Waals surface area contributed by atoms with Crippen LogP contribution in [0.1, 0.15) is 20.3 Å². The third kappa shape index (κ3) is 7.92. The van der Waals surface area contributed by atoms with Crippen molar-refractivity contribution in [3.63, 3.8) is 0 Å². The molecule has 110 valence electrons. The smallest absolute Gasteiger partial charge is 0.267 e. The normalized spacial score (nSPS) is 14.1. The average molecular weight is 306 g/mol. The van der Waals surface area contributed by atoms with Crippen molar-refractivity contribution in [2.24, 2.45) is 0 Å². The van der Waals surface area contributed by atoms with E-state index in [1.807, 2.05) is 0 Å². The molecular weight excluding hydrogens is 290 g/mol. The van der Waals surface area contributed by atoms with E-state index in [0.717, 1.165) is 0 Å². The Bertz CT molecular complexity index is 452. The van der Waals surface area contributed by atoms with Crippen LogP contribution in [0.15, 0.2) is 0 Å². The summed E-state index contributed by atoms with van der Waals surface area (Å²) < 4.78 is 56.2. The molecule has 18 heavy (non-hydrogen) atoms. The topological polar surface area (TPSA) is 144 Å². The highest BCUT2D eigenvalue weighted by Crippen LogP contribution is 2.12. The summed E-state index contributed by atoms with van der Waals surface area (Å²) in [4.78, 5) is 0. The monoisotopic (exact) mass is 306 g/mol. The summed E-state index contributed by atoms with van der Waals surface area (Å²) in [6.07, 6.45) is -0.332. The van der Waals surface area contributed by atoms with E-state index in [0.29, 0.717) is 0 Å². The Hall–Kier alpha value is -0.300. The summed E-state index contributed by atoms with van der Waals surface area (Å²) >= 11 is 0. The van der Waals surface area contributed by atoms with Gasteiger partial charge in [0.2, 0.25) is 0 Å². The molecule has 0 rings (SSSR count). The molecule has 0 unspecified atom stereocenters. The van der Waals surface area contributed by atoms with E-state index in [2.05, 4.69) is 4.18 Å². The second-order valence-electron chi connectivity index (χ2n) is 4.25. The second kappa shape index (κ2) is 6.23. The number of nitrogens with zero attached hydrogens (tertiary/aromatic N) is 1. The van der Waals surface area contributed by atoms with Crippen LogP contribution in [0.4, 0.5) is 0 Å². The van der Waals surface area contributed by atoms with Crippen LogP contribution in [0.5, 0.6) is 0 Å². The fourth-order valence-electron chi connectivity index (χ4n) is 0.766. The van der Waals surface area contributed by atoms with Crippen LogP contribution in [0.2, 0.25) is 0 Å². The van der Waals surface area contributed by atoms with Crippen LogP contribution in [0.25, 0.3) is 0 Å². The first-order chi connectivity index (χ1) is 7.86. The predicted octanol–water partition coefficient (Wildman–Crippen LogP) is -0.422. The van der Waals surface area contributed by atoms with Gasteiger partial charge in [-0.05, 0) is 20.3 Å². The molecule has 0 amide bonds. The summed E-state index contributed by atoms with van der Waals surface area (Å²) in [6, 6.07) is 0. The van der Waals surface area contributed by atoms with E-state index in [9.17, 15) is 22.0 Å². The maximum atomic E-state index is 11.3. The van der Waals surface area contributed by atoms with Crippen LogP contribution in [0, 0.1) is 5.21 Å². The van der Waals surface area contributed by atoms with Crippen LogP contribution >= 0.6 is 0 Å². The van der Waals surface area contributed by atoms with E-state index in [1.54, 1.807) is 0 Å². The molecule has 11 heteroatoms. The highest BCUT2D eigenvalue weighted by molar-refractivity contribution is 7.87. The molecule has 0 aromatic carbocycles. The molecule has 0 radical (unpaired) electrons. The maximum Gasteiger partial charge on any atom is 0.267 e. The van der Waals surface area contributed by atoms with Gasteiger partial charge in [-0.3, -0.25) is 14.0 Å². The van der Waals surface area contributed by atoms with Crippen molar-refractivity contribution in [2.75, 3.05) is 18.1 Å². The van der Waals surface area contributed by atoms with Gasteiger partial charge in [-0.2, -0.15) is 16.8 Å². The third-order valence-corrected chi connectivity index (χ3v) is 3.98. The van der Waals surface area contributed by atoms with E-state index >= 15 is 0 Å². The second-order valence-corrected chi connectivity index (χ2v) is 7.58. The van der Waals surface area contributed by atoms with Gasteiger partial charge in [-0.15, -0.1) is 0 Å². The van der Waals surface area contributed by atoms with Gasteiger partial charge in [-0.25, -0.2) is 0 Å². The van der Waals surface area contributed by atoms with Gasteiger partial charge in [0.05, 0.1) is 23.7 Å². The Balaban J connectivity index is 4.26. The fraction of sp³-hybridized carbons (Fsp3) is 1.00. The van der Waals surface area contributed by atoms with Crippen molar-refractivity contribution in [2.45, 2.75) is 25.8 Å². The molecule has 0 aromatic heterocycles. The van der Waals surface area contributed by atoms with Gasteiger partial charge in [0.15, 0.2) is 0 Å². The number of hydrogen-bond donors (Lipinski definition) is 2. The molecule has 0 bridgehead atoms. The predicted molar refractivity (Wildman–Crippen MR) is 61.8 cm³/mol. The van der Waals surface area contributed by atoms with Crippen molar-refractivity contribution < 1.29 is 30.8 Å². The van der Waals surface area contributed by atoms with E-state index in [1.165, 1.54) is 13.8 Å². The molecule has 0 aliphatic heterocycles. The summed E-state index contributed by atoms with van der Waals surface area (Å²) in [5.41, 5.74) is -1.45. The van der Waals surface area contributed by atoms with Gasteiger partial charge in [0.1, 0.15) is 0 Å². The first-order valence-corrected chi connectivity index (χ1v) is 8.03. The Morgan fingerprint density at radius 1 is 1.22 bits per heavy atom. The molecule has 0 atom stereocenters. The lowest BCUT2D eigenvalue weighted by Gasteiger charge is -2.37. The van der Waals surface area contributed by atoms with Gasteiger partial charge in [0.25, 0.3) is 20.2 Å². The molecular formula is C7H16NO8S2-. The molecule has 0 saturated carbocycles. The van der Waals surface area contributed by atoms with Crippen molar-refractivity contribution in [1.29, 1.82) is 0 Å². The number of rotatable bonds is 8. The Kier molecular flexibility index (Phi) is 6.13. The summed E-state index contributed by atoms with van der Waals surface area (Å²) in [7, 11) is -8.24. The highest BCUT2D eigenvalue weighted by atomic mass is 32.2. The standard InChI is InChI=1S/C7H16NO8S2/c1-7(2,8(9)10)6-16-18(14,15)5-3-4-17(11,12)13/h9H,3-6H2,1-2H3,(H,11,12,13)/q-1. The molecule has 0 fully saturated rings. The van der Waals surface area contributed by atoms with E-state index in [4.69, 9.17) is 9.76 Å². The zero-order valence-electron chi connectivity index (χ0n) is 9.94. The lowest BCUT2D eigenvalue weighted by Crippen LogP contribution is -2.42. The zero-order valence-corrected chi connectivity index (χ0v) is 11.6. The molecule has 0 aliphatic rings. The minimum atomic E-state index is -4.22. The molecule has 2 N–H and O–H groups in total. The van der Waals surface area contributed by atoms with Crippen LogP contribution < -0.4 is 0 Å². The Morgan fingerprint density at radius 2 is 1.72 bits per heavy atom. The van der Waals surface area contributed by atoms with Crippen LogP contribution in [-0.4, -0.2) is 55.5 Å². The summed E-state index contributed by atoms with van der Waals surface area (Å²) in [6.45, 7) is 1.93. The molecule has 0 aromatic rings.